The number of hydrogen-bond donors (Lipinski definition) is 2. The van der Waals surface area contributed by atoms with Crippen molar-refractivity contribution in [3.8, 4) is 11.5 Å². The molecule has 4 fully saturated rings. The van der Waals surface area contributed by atoms with Crippen molar-refractivity contribution in [1.82, 2.24) is 0 Å². The van der Waals surface area contributed by atoms with Crippen molar-refractivity contribution in [1.29, 1.82) is 0 Å². The molecular weight excluding hydrogens is 552 g/mol. The Morgan fingerprint density at radius 3 is 2.11 bits per heavy atom. The van der Waals surface area contributed by atoms with E-state index in [2.05, 4.69) is 13.2 Å². The molecule has 4 saturated carbocycles. The normalized spacial score (nSPS) is 30.6. The van der Waals surface area contributed by atoms with Gasteiger partial charge in [0.25, 0.3) is 0 Å². The van der Waals surface area contributed by atoms with Crippen molar-refractivity contribution in [2.45, 2.75) is 87.5 Å². The second-order valence-corrected chi connectivity index (χ2v) is 14.8. The van der Waals surface area contributed by atoms with Gasteiger partial charge in [0.1, 0.15) is 0 Å². The van der Waals surface area contributed by atoms with E-state index in [4.69, 9.17) is 0 Å². The summed E-state index contributed by atoms with van der Waals surface area (Å²) in [6.45, 7) is 23.6. The topological polar surface area (TPSA) is 109 Å². The van der Waals surface area contributed by atoms with Crippen LogP contribution in [0, 0.1) is 39.4 Å². The SMILES string of the molecule is C=C(C)CC[C@@H](C[C@@]12C[C@H]3[C@@H](C=C(C)C)[C@@](C(=O)c4ccc(O)c(O)c4)(C1=O)C(=O)[C@@](CC=C(C)C)(C2=O)C3(C)C)C(=C)C. The van der Waals surface area contributed by atoms with Crippen LogP contribution in [0.15, 0.2) is 65.8 Å². The number of carbonyl (C=O) groups is 4. The molecule has 6 nitrogen and oxygen atoms in total. The van der Waals surface area contributed by atoms with Crippen molar-refractivity contribution in [3.05, 3.63) is 71.4 Å². The molecule has 0 aromatic heterocycles. The summed E-state index contributed by atoms with van der Waals surface area (Å²) in [5.74, 6) is -4.59. The third-order valence-corrected chi connectivity index (χ3v) is 11.0. The van der Waals surface area contributed by atoms with Crippen LogP contribution in [0.5, 0.6) is 11.5 Å². The maximum absolute atomic E-state index is 15.3. The van der Waals surface area contributed by atoms with E-state index in [-0.39, 0.29) is 42.4 Å². The number of aromatic hydroxyl groups is 2. The fourth-order valence-electron chi connectivity index (χ4n) is 8.62. The van der Waals surface area contributed by atoms with Crippen LogP contribution in [0.25, 0.3) is 0 Å². The Labute approximate surface area is 262 Å². The van der Waals surface area contributed by atoms with Crippen molar-refractivity contribution in [2.75, 3.05) is 0 Å². The Kier molecular flexibility index (Phi) is 8.43. The summed E-state index contributed by atoms with van der Waals surface area (Å²) >= 11 is 0. The van der Waals surface area contributed by atoms with Gasteiger partial charge < -0.3 is 10.2 Å². The predicted octanol–water partition coefficient (Wildman–Crippen LogP) is 7.90. The van der Waals surface area contributed by atoms with Crippen LogP contribution in [0.1, 0.15) is 97.9 Å². The molecule has 0 saturated heterocycles. The zero-order valence-electron chi connectivity index (χ0n) is 27.6. The summed E-state index contributed by atoms with van der Waals surface area (Å²) in [6.07, 6.45) is 5.66. The summed E-state index contributed by atoms with van der Waals surface area (Å²) in [6, 6.07) is 3.64. The fraction of sp³-hybridized carbons (Fsp3) is 0.526. The van der Waals surface area contributed by atoms with Crippen LogP contribution in [-0.2, 0) is 14.4 Å². The minimum absolute atomic E-state index is 0.0485. The van der Waals surface area contributed by atoms with E-state index < -0.39 is 56.4 Å². The van der Waals surface area contributed by atoms with Gasteiger partial charge in [-0.3, -0.25) is 19.2 Å². The summed E-state index contributed by atoms with van der Waals surface area (Å²) < 4.78 is 0. The molecule has 6 heteroatoms. The number of phenolic OH excluding ortho intramolecular Hbond substituents is 2. The third kappa shape index (κ3) is 4.50. The Hall–Kier alpha value is -3.54. The van der Waals surface area contributed by atoms with Crippen LogP contribution < -0.4 is 0 Å². The average molecular weight is 601 g/mol. The highest BCUT2D eigenvalue weighted by molar-refractivity contribution is 6.42. The molecule has 0 amide bonds. The summed E-state index contributed by atoms with van der Waals surface area (Å²) in [5.41, 5.74) is -2.59. The molecule has 4 aliphatic rings. The number of carbonyl (C=O) groups excluding carboxylic acids is 4. The Morgan fingerprint density at radius 2 is 1.59 bits per heavy atom. The molecule has 0 unspecified atom stereocenters. The van der Waals surface area contributed by atoms with Crippen LogP contribution in [-0.4, -0.2) is 33.3 Å². The van der Waals surface area contributed by atoms with Gasteiger partial charge in [-0.05, 0) is 109 Å². The lowest BCUT2D eigenvalue weighted by atomic mass is 9.26. The van der Waals surface area contributed by atoms with Gasteiger partial charge in [0.15, 0.2) is 40.0 Å². The molecule has 0 heterocycles. The summed E-state index contributed by atoms with van der Waals surface area (Å²) in [7, 11) is 0. The molecule has 236 valence electrons. The molecule has 5 rings (SSSR count). The summed E-state index contributed by atoms with van der Waals surface area (Å²) in [4.78, 5) is 60.8. The molecule has 1 aromatic carbocycles. The quantitative estimate of drug-likeness (QED) is 0.116. The molecular formula is C38H48O6. The van der Waals surface area contributed by atoms with E-state index in [0.29, 0.717) is 12.8 Å². The van der Waals surface area contributed by atoms with Gasteiger partial charge in [0, 0.05) is 11.5 Å². The number of phenols is 2. The fourth-order valence-corrected chi connectivity index (χ4v) is 8.62. The van der Waals surface area contributed by atoms with Gasteiger partial charge in [-0.15, -0.1) is 6.58 Å². The van der Waals surface area contributed by atoms with Crippen molar-refractivity contribution in [3.63, 3.8) is 0 Å². The van der Waals surface area contributed by atoms with Gasteiger partial charge in [-0.1, -0.05) is 54.9 Å². The molecule has 0 aliphatic heterocycles. The van der Waals surface area contributed by atoms with Gasteiger partial charge >= 0.3 is 0 Å². The maximum Gasteiger partial charge on any atom is 0.184 e. The number of hydrogen-bond acceptors (Lipinski definition) is 6. The number of ketones is 4. The number of Topliss-reactive ketones (excluding diaryl/α,β-unsaturated/α-hetero) is 4. The van der Waals surface area contributed by atoms with E-state index in [9.17, 15) is 15.0 Å². The zero-order valence-corrected chi connectivity index (χ0v) is 27.6. The van der Waals surface area contributed by atoms with Crippen LogP contribution >= 0.6 is 0 Å². The third-order valence-electron chi connectivity index (χ3n) is 11.0. The minimum atomic E-state index is -2.16. The molecule has 6 atom stereocenters. The number of rotatable bonds is 11. The minimum Gasteiger partial charge on any atom is -0.504 e. The van der Waals surface area contributed by atoms with Crippen LogP contribution in [0.4, 0.5) is 0 Å². The molecule has 1 aromatic rings. The maximum atomic E-state index is 15.3. The Morgan fingerprint density at radius 1 is 0.955 bits per heavy atom. The highest BCUT2D eigenvalue weighted by atomic mass is 16.3. The first kappa shape index (κ1) is 33.4. The average Bonchev–Trinajstić information content (AvgIpc) is 2.91. The van der Waals surface area contributed by atoms with Crippen molar-refractivity contribution < 1.29 is 29.4 Å². The zero-order chi connectivity index (χ0) is 33.2. The molecule has 2 N–H and O–H groups in total. The van der Waals surface area contributed by atoms with Gasteiger partial charge in [-0.25, -0.2) is 0 Å². The second-order valence-electron chi connectivity index (χ2n) is 14.8. The highest BCUT2D eigenvalue weighted by Crippen LogP contribution is 2.75. The lowest BCUT2D eigenvalue weighted by Gasteiger charge is -2.71. The first-order valence-electron chi connectivity index (χ1n) is 15.6. The van der Waals surface area contributed by atoms with Crippen LogP contribution in [0.3, 0.4) is 0 Å². The smallest absolute Gasteiger partial charge is 0.184 e. The second kappa shape index (κ2) is 11.1. The number of benzene rings is 1. The Bertz CT molecular complexity index is 1530. The van der Waals surface area contributed by atoms with E-state index in [1.807, 2.05) is 67.5 Å². The molecule has 0 spiro atoms. The first-order valence-corrected chi connectivity index (χ1v) is 15.6. The Balaban J connectivity index is 2.11. The monoisotopic (exact) mass is 600 g/mol. The van der Waals surface area contributed by atoms with Gasteiger partial charge in [-0.2, -0.15) is 0 Å². The summed E-state index contributed by atoms with van der Waals surface area (Å²) in [5, 5.41) is 20.4. The number of allylic oxidation sites excluding steroid dienone is 6. The first-order chi connectivity index (χ1) is 20.3. The van der Waals surface area contributed by atoms with E-state index in [1.165, 1.54) is 12.1 Å². The standard InChI is InChI=1S/C38H48O6/c1-21(2)11-12-26(24(7)8)19-36-20-28-27(17-23(5)6)38(33(36)43,31(41)25-13-14-29(39)30(40)18-25)34(44)37(32(36)42,35(28,9)10)16-15-22(3)4/h13-15,17-18,26-28,39-40H,1,7,11-12,16,19-20H2,2-6,8-10H3/t26-,27+,28-,36-,37+,38+/m0/s1. The molecule has 4 bridgehead atoms. The predicted molar refractivity (Wildman–Crippen MR) is 172 cm³/mol. The largest absolute Gasteiger partial charge is 0.504 e. The van der Waals surface area contributed by atoms with Gasteiger partial charge in [0.2, 0.25) is 0 Å². The van der Waals surface area contributed by atoms with E-state index >= 15 is 14.4 Å². The molecule has 4 aliphatic carbocycles. The van der Waals surface area contributed by atoms with Crippen molar-refractivity contribution >= 4 is 23.1 Å². The van der Waals surface area contributed by atoms with E-state index in [0.717, 1.165) is 28.4 Å². The van der Waals surface area contributed by atoms with Gasteiger partial charge in [0.05, 0.1) is 10.8 Å². The highest BCUT2D eigenvalue weighted by Gasteiger charge is 2.86. The molecule has 44 heavy (non-hydrogen) atoms. The van der Waals surface area contributed by atoms with Crippen molar-refractivity contribution in [2.24, 2.45) is 39.4 Å². The lowest BCUT2D eigenvalue weighted by molar-refractivity contribution is -0.212. The van der Waals surface area contributed by atoms with Crippen LogP contribution in [0.2, 0.25) is 0 Å². The molecule has 0 radical (unpaired) electrons. The van der Waals surface area contributed by atoms with E-state index in [1.54, 1.807) is 0 Å². The lowest BCUT2D eigenvalue weighted by Crippen LogP contribution is -2.83.